The third kappa shape index (κ3) is 5.24. The Morgan fingerprint density at radius 2 is 1.89 bits per heavy atom. The highest BCUT2D eigenvalue weighted by molar-refractivity contribution is 5.97. The first kappa shape index (κ1) is 23.4. The number of fused-ring (bicyclic) bond motifs is 1. The van der Waals surface area contributed by atoms with Crippen LogP contribution in [0.1, 0.15) is 11.1 Å². The number of esters is 1. The molecule has 3 aromatic rings. The minimum atomic E-state index is -0.832. The number of H-pyrrole nitrogens is 1. The van der Waals surface area contributed by atoms with Gasteiger partial charge in [0.25, 0.3) is 11.5 Å². The Balaban J connectivity index is 1.42. The number of carbonyl (C=O) groups is 2. The second kappa shape index (κ2) is 10.00. The van der Waals surface area contributed by atoms with Crippen LogP contribution >= 0.6 is 0 Å². The fourth-order valence-corrected chi connectivity index (χ4v) is 3.41. The zero-order chi connectivity index (χ0) is 24.9. The van der Waals surface area contributed by atoms with E-state index in [9.17, 15) is 19.2 Å². The van der Waals surface area contributed by atoms with E-state index in [1.165, 1.54) is 13.1 Å². The Bertz CT molecular complexity index is 1410. The molecule has 3 N–H and O–H groups in total. The average Bonchev–Trinajstić information content (AvgIpc) is 3.32. The number of nitrogen functional groups attached to an aromatic ring is 1. The second-order valence-corrected chi connectivity index (χ2v) is 7.57. The van der Waals surface area contributed by atoms with Crippen LogP contribution in [0, 0.1) is 0 Å². The minimum Gasteiger partial charge on any atom is -0.454 e. The number of nitrogens with zero attached hydrogens (tertiary/aromatic N) is 2. The normalized spacial score (nSPS) is 12.0. The summed E-state index contributed by atoms with van der Waals surface area (Å²) in [5.74, 6) is -0.485. The summed E-state index contributed by atoms with van der Waals surface area (Å²) in [5.41, 5.74) is 5.78. The van der Waals surface area contributed by atoms with Crippen molar-refractivity contribution in [3.8, 4) is 11.5 Å². The van der Waals surface area contributed by atoms with Crippen LogP contribution in [0.15, 0.2) is 64.2 Å². The van der Waals surface area contributed by atoms with Crippen LogP contribution in [0.5, 0.6) is 11.5 Å². The van der Waals surface area contributed by atoms with Gasteiger partial charge in [0, 0.05) is 13.1 Å². The number of carbonyl (C=O) groups excluding carboxylic acids is 2. The van der Waals surface area contributed by atoms with E-state index in [2.05, 4.69) is 4.98 Å². The van der Waals surface area contributed by atoms with E-state index in [-0.39, 0.29) is 24.8 Å². The smallest absolute Gasteiger partial charge is 0.331 e. The summed E-state index contributed by atoms with van der Waals surface area (Å²) in [4.78, 5) is 52.5. The molecule has 0 unspecified atom stereocenters. The molecule has 1 aliphatic heterocycles. The highest BCUT2D eigenvalue weighted by atomic mass is 16.7. The first-order valence-corrected chi connectivity index (χ1v) is 10.5. The molecule has 0 aliphatic carbocycles. The number of hydrogen-bond acceptors (Lipinski definition) is 8. The molecule has 0 saturated heterocycles. The molecule has 11 nitrogen and oxygen atoms in total. The zero-order valence-electron chi connectivity index (χ0n) is 18.7. The Labute approximate surface area is 199 Å². The molecule has 0 atom stereocenters. The van der Waals surface area contributed by atoms with Crippen LogP contribution in [-0.2, 0) is 20.9 Å². The first-order chi connectivity index (χ1) is 16.8. The molecule has 2 aromatic carbocycles. The minimum absolute atomic E-state index is 0.0942. The number of anilines is 2. The van der Waals surface area contributed by atoms with Crippen molar-refractivity contribution in [3.05, 3.63) is 86.6 Å². The van der Waals surface area contributed by atoms with Gasteiger partial charge >= 0.3 is 11.7 Å². The summed E-state index contributed by atoms with van der Waals surface area (Å²) in [6, 6.07) is 14.2. The molecule has 1 aliphatic rings. The maximum Gasteiger partial charge on any atom is 0.331 e. The van der Waals surface area contributed by atoms with Crippen molar-refractivity contribution < 1.29 is 23.8 Å². The Morgan fingerprint density at radius 3 is 2.66 bits per heavy atom. The Hall–Kier alpha value is -4.80. The van der Waals surface area contributed by atoms with Gasteiger partial charge in [0.1, 0.15) is 5.82 Å². The molecule has 11 heteroatoms. The number of aromatic nitrogens is 2. The number of nitrogens with two attached hydrogens (primary N) is 1. The number of likely N-dealkylation sites (N-methyl/N-ethyl adjacent to an activating group) is 1. The van der Waals surface area contributed by atoms with Crippen LogP contribution in [0.3, 0.4) is 0 Å². The van der Waals surface area contributed by atoms with Crippen LogP contribution in [0.25, 0.3) is 6.08 Å². The summed E-state index contributed by atoms with van der Waals surface area (Å²) in [7, 11) is 1.30. The molecule has 0 fully saturated rings. The maximum absolute atomic E-state index is 12.6. The second-order valence-electron chi connectivity index (χ2n) is 7.57. The molecule has 180 valence electrons. The van der Waals surface area contributed by atoms with Gasteiger partial charge in [-0.05, 0) is 29.3 Å². The molecule has 35 heavy (non-hydrogen) atoms. The number of amides is 1. The van der Waals surface area contributed by atoms with E-state index < -0.39 is 29.7 Å². The fourth-order valence-electron chi connectivity index (χ4n) is 3.41. The predicted octanol–water partition coefficient (Wildman–Crippen LogP) is 1.12. The van der Waals surface area contributed by atoms with Gasteiger partial charge in [-0.25, -0.2) is 9.59 Å². The van der Waals surface area contributed by atoms with Crippen molar-refractivity contribution >= 4 is 29.5 Å². The molecule has 0 bridgehead atoms. The highest BCUT2D eigenvalue weighted by Crippen LogP contribution is 2.32. The highest BCUT2D eigenvalue weighted by Gasteiger charge is 2.22. The van der Waals surface area contributed by atoms with Crippen LogP contribution in [0.4, 0.5) is 11.5 Å². The maximum atomic E-state index is 12.6. The van der Waals surface area contributed by atoms with Crippen LogP contribution < -0.4 is 31.4 Å². The summed E-state index contributed by atoms with van der Waals surface area (Å²) >= 11 is 0. The van der Waals surface area contributed by atoms with E-state index in [0.29, 0.717) is 17.1 Å². The van der Waals surface area contributed by atoms with E-state index >= 15 is 0 Å². The number of rotatable bonds is 7. The average molecular weight is 478 g/mol. The van der Waals surface area contributed by atoms with Gasteiger partial charge < -0.3 is 24.8 Å². The molecular formula is C24H22N4O7. The van der Waals surface area contributed by atoms with Crippen molar-refractivity contribution in [2.45, 2.75) is 6.54 Å². The van der Waals surface area contributed by atoms with Gasteiger partial charge in [0.15, 0.2) is 23.8 Å². The SMILES string of the molecule is CN(C(=O)COC(=O)/C=C\c1ccc2c(c1)OCO2)c1c(N)n(Cc2ccccc2)c(=O)[nH]c1=O. The summed E-state index contributed by atoms with van der Waals surface area (Å²) in [6.07, 6.45) is 2.66. The zero-order valence-corrected chi connectivity index (χ0v) is 18.7. The third-order valence-corrected chi connectivity index (χ3v) is 5.25. The summed E-state index contributed by atoms with van der Waals surface area (Å²) < 4.78 is 16.7. The van der Waals surface area contributed by atoms with E-state index in [1.54, 1.807) is 42.5 Å². The van der Waals surface area contributed by atoms with Crippen LogP contribution in [0.2, 0.25) is 0 Å². The van der Waals surface area contributed by atoms with Crippen molar-refractivity contribution in [2.24, 2.45) is 0 Å². The summed E-state index contributed by atoms with van der Waals surface area (Å²) in [5, 5.41) is 0. The lowest BCUT2D eigenvalue weighted by Crippen LogP contribution is -2.40. The number of ether oxygens (including phenoxy) is 3. The Morgan fingerprint density at radius 1 is 1.14 bits per heavy atom. The molecule has 0 saturated carbocycles. The quantitative estimate of drug-likeness (QED) is 0.379. The summed E-state index contributed by atoms with van der Waals surface area (Å²) in [6.45, 7) is -0.411. The van der Waals surface area contributed by atoms with E-state index in [4.69, 9.17) is 19.9 Å². The predicted molar refractivity (Wildman–Crippen MR) is 127 cm³/mol. The molecule has 4 rings (SSSR count). The fraction of sp³-hybridized carbons (Fsp3) is 0.167. The third-order valence-electron chi connectivity index (χ3n) is 5.25. The number of benzene rings is 2. The van der Waals surface area contributed by atoms with E-state index in [0.717, 1.165) is 21.1 Å². The van der Waals surface area contributed by atoms with Gasteiger partial charge in [-0.15, -0.1) is 0 Å². The lowest BCUT2D eigenvalue weighted by molar-refractivity contribution is -0.142. The number of nitrogens with one attached hydrogen (secondary N) is 1. The molecule has 1 aromatic heterocycles. The topological polar surface area (TPSA) is 146 Å². The van der Waals surface area contributed by atoms with Gasteiger partial charge in [-0.2, -0.15) is 0 Å². The van der Waals surface area contributed by atoms with Crippen molar-refractivity contribution in [1.82, 2.24) is 9.55 Å². The molecule has 0 spiro atoms. The molecule has 2 heterocycles. The molecule has 0 radical (unpaired) electrons. The van der Waals surface area contributed by atoms with Gasteiger partial charge in [0.05, 0.1) is 6.54 Å². The standard InChI is InChI=1S/C24H22N4O7/c1-27(21-22(25)28(24(32)26-23(21)31)12-16-5-3-2-4-6-16)19(29)13-33-20(30)10-8-15-7-9-17-18(11-15)35-14-34-17/h2-11H,12-14,25H2,1H3,(H,26,31,32)/b10-8-. The van der Waals surface area contributed by atoms with Gasteiger partial charge in [0.2, 0.25) is 6.79 Å². The van der Waals surface area contributed by atoms with Crippen LogP contribution in [-0.4, -0.2) is 41.9 Å². The van der Waals surface area contributed by atoms with Gasteiger partial charge in [-0.1, -0.05) is 36.4 Å². The lowest BCUT2D eigenvalue weighted by atomic mass is 10.2. The Kier molecular flexibility index (Phi) is 6.67. The van der Waals surface area contributed by atoms with Gasteiger partial charge in [-0.3, -0.25) is 19.1 Å². The van der Waals surface area contributed by atoms with Crippen molar-refractivity contribution in [2.75, 3.05) is 31.1 Å². The van der Waals surface area contributed by atoms with E-state index in [1.807, 2.05) is 6.07 Å². The monoisotopic (exact) mass is 478 g/mol. The lowest BCUT2D eigenvalue weighted by Gasteiger charge is -2.20. The number of aromatic amines is 1. The number of hydrogen-bond donors (Lipinski definition) is 2. The largest absolute Gasteiger partial charge is 0.454 e. The molecule has 1 amide bonds. The first-order valence-electron chi connectivity index (χ1n) is 10.5. The van der Waals surface area contributed by atoms with Crippen molar-refractivity contribution in [1.29, 1.82) is 0 Å². The van der Waals surface area contributed by atoms with Crippen molar-refractivity contribution in [3.63, 3.8) is 0 Å². The molecular weight excluding hydrogens is 456 g/mol.